The number of hydrogen-bond acceptors (Lipinski definition) is 5. The van der Waals surface area contributed by atoms with Crippen LogP contribution in [0.1, 0.15) is 33.1 Å². The quantitative estimate of drug-likeness (QED) is 0.322. The van der Waals surface area contributed by atoms with Gasteiger partial charge in [0.15, 0.2) is 0 Å². The van der Waals surface area contributed by atoms with Crippen LogP contribution in [-0.4, -0.2) is 64.9 Å². The standard InChI is InChI=1S/C24H31IN2O5/c1-15(2)11-22(29)27(14-16-7-8-16)19-12-17(24(31)26-9-10-28)13-21(23(19)30)32-20-6-4-3-5-18(20)25/h3-6,11,13,16,19,21,23,28,30H,7-10,12,14H2,1-2H3,(H,26,31)/t19-,21+,23+/m1/s1. The molecule has 3 rings (SSSR count). The summed E-state index contributed by atoms with van der Waals surface area (Å²) in [6.45, 7) is 4.24. The third-order valence-electron chi connectivity index (χ3n) is 5.56. The van der Waals surface area contributed by atoms with Gasteiger partial charge in [-0.3, -0.25) is 9.59 Å². The summed E-state index contributed by atoms with van der Waals surface area (Å²) in [5, 5.41) is 23.0. The van der Waals surface area contributed by atoms with Gasteiger partial charge in [-0.05, 0) is 73.4 Å². The molecule has 32 heavy (non-hydrogen) atoms. The van der Waals surface area contributed by atoms with E-state index in [0.717, 1.165) is 22.0 Å². The maximum absolute atomic E-state index is 13.1. The minimum atomic E-state index is -0.992. The normalized spacial score (nSPS) is 22.5. The largest absolute Gasteiger partial charge is 0.482 e. The Labute approximate surface area is 202 Å². The van der Waals surface area contributed by atoms with Crippen LogP contribution in [0.25, 0.3) is 0 Å². The zero-order valence-corrected chi connectivity index (χ0v) is 20.6. The number of benzene rings is 1. The zero-order valence-electron chi connectivity index (χ0n) is 18.5. The molecular weight excluding hydrogens is 523 g/mol. The van der Waals surface area contributed by atoms with E-state index in [-0.39, 0.29) is 31.4 Å². The van der Waals surface area contributed by atoms with Crippen LogP contribution in [-0.2, 0) is 9.59 Å². The Balaban J connectivity index is 1.92. The number of hydrogen-bond donors (Lipinski definition) is 3. The van der Waals surface area contributed by atoms with Crippen molar-refractivity contribution in [3.63, 3.8) is 0 Å². The molecule has 2 aliphatic carbocycles. The number of aliphatic hydroxyl groups excluding tert-OH is 2. The number of carbonyl (C=O) groups is 2. The smallest absolute Gasteiger partial charge is 0.247 e. The molecule has 3 N–H and O–H groups in total. The molecule has 0 heterocycles. The summed E-state index contributed by atoms with van der Waals surface area (Å²) >= 11 is 2.16. The molecule has 1 aromatic carbocycles. The summed E-state index contributed by atoms with van der Waals surface area (Å²) in [5.41, 5.74) is 1.32. The lowest BCUT2D eigenvalue weighted by atomic mass is 9.88. The fourth-order valence-electron chi connectivity index (χ4n) is 3.76. The van der Waals surface area contributed by atoms with Crippen LogP contribution in [0, 0.1) is 9.49 Å². The summed E-state index contributed by atoms with van der Waals surface area (Å²) in [6, 6.07) is 6.87. The van der Waals surface area contributed by atoms with Gasteiger partial charge in [0.2, 0.25) is 11.8 Å². The van der Waals surface area contributed by atoms with Crippen LogP contribution in [0.2, 0.25) is 0 Å². The molecule has 0 aromatic heterocycles. The van der Waals surface area contributed by atoms with Crippen molar-refractivity contribution >= 4 is 34.4 Å². The van der Waals surface area contributed by atoms with Crippen molar-refractivity contribution in [3.05, 3.63) is 51.1 Å². The predicted octanol–water partition coefficient (Wildman–Crippen LogP) is 2.41. The lowest BCUT2D eigenvalue weighted by Gasteiger charge is -2.40. The Morgan fingerprint density at radius 2 is 2.00 bits per heavy atom. The van der Waals surface area contributed by atoms with Crippen LogP contribution in [0.15, 0.2) is 47.6 Å². The maximum Gasteiger partial charge on any atom is 0.247 e. The number of aliphatic hydroxyl groups is 2. The predicted molar refractivity (Wildman–Crippen MR) is 130 cm³/mol. The first-order chi connectivity index (χ1) is 15.3. The van der Waals surface area contributed by atoms with Crippen LogP contribution in [0.5, 0.6) is 5.75 Å². The van der Waals surface area contributed by atoms with Crippen molar-refractivity contribution in [1.29, 1.82) is 0 Å². The van der Waals surface area contributed by atoms with Gasteiger partial charge in [-0.2, -0.15) is 0 Å². The summed E-state index contributed by atoms with van der Waals surface area (Å²) in [4.78, 5) is 27.5. The average molecular weight is 554 g/mol. The van der Waals surface area contributed by atoms with E-state index in [1.807, 2.05) is 38.1 Å². The monoisotopic (exact) mass is 554 g/mol. The first-order valence-electron chi connectivity index (χ1n) is 10.9. The molecule has 0 bridgehead atoms. The van der Waals surface area contributed by atoms with Gasteiger partial charge >= 0.3 is 0 Å². The van der Waals surface area contributed by atoms with Crippen molar-refractivity contribution in [2.24, 2.45) is 5.92 Å². The van der Waals surface area contributed by atoms with Gasteiger partial charge < -0.3 is 25.2 Å². The van der Waals surface area contributed by atoms with Gasteiger partial charge in [-0.1, -0.05) is 17.7 Å². The Kier molecular flexibility index (Phi) is 8.72. The van der Waals surface area contributed by atoms with Crippen LogP contribution in [0.3, 0.4) is 0 Å². The molecule has 2 aliphatic rings. The number of nitrogens with zero attached hydrogens (tertiary/aromatic N) is 1. The van der Waals surface area contributed by atoms with Gasteiger partial charge in [0, 0.05) is 31.2 Å². The number of halogens is 1. The molecule has 174 valence electrons. The van der Waals surface area contributed by atoms with Gasteiger partial charge in [0.1, 0.15) is 18.0 Å². The first kappa shape index (κ1) is 24.7. The van der Waals surface area contributed by atoms with Crippen molar-refractivity contribution in [2.45, 2.75) is 51.4 Å². The van der Waals surface area contributed by atoms with E-state index in [2.05, 4.69) is 27.9 Å². The molecule has 1 aromatic rings. The lowest BCUT2D eigenvalue weighted by molar-refractivity contribution is -0.133. The van der Waals surface area contributed by atoms with Crippen LogP contribution < -0.4 is 10.1 Å². The van der Waals surface area contributed by atoms with Crippen molar-refractivity contribution in [1.82, 2.24) is 10.2 Å². The van der Waals surface area contributed by atoms with Gasteiger partial charge in [0.05, 0.1) is 16.2 Å². The second kappa shape index (κ2) is 11.3. The molecule has 3 atom stereocenters. The molecule has 1 fully saturated rings. The van der Waals surface area contributed by atoms with Gasteiger partial charge in [-0.15, -0.1) is 0 Å². The summed E-state index contributed by atoms with van der Waals surface area (Å²) in [5.74, 6) is 0.539. The molecule has 1 saturated carbocycles. The highest BCUT2D eigenvalue weighted by atomic mass is 127. The fraction of sp³-hybridized carbons (Fsp3) is 0.500. The Morgan fingerprint density at radius 1 is 1.28 bits per heavy atom. The SMILES string of the molecule is CC(C)=CC(=O)N(CC1CC1)[C@@H]1CC(C(=O)NCCO)=C[C@H](Oc2ccccc2I)[C@H]1O. The first-order valence-corrected chi connectivity index (χ1v) is 12.0. The van der Waals surface area contributed by atoms with Crippen molar-refractivity contribution < 1.29 is 24.5 Å². The topological polar surface area (TPSA) is 99.1 Å². The third-order valence-corrected chi connectivity index (χ3v) is 6.45. The molecule has 0 aliphatic heterocycles. The number of para-hydroxylation sites is 1. The third kappa shape index (κ3) is 6.55. The number of carbonyl (C=O) groups excluding carboxylic acids is 2. The Hall–Kier alpha value is -1.91. The summed E-state index contributed by atoms with van der Waals surface area (Å²) < 4.78 is 7.01. The molecule has 0 unspecified atom stereocenters. The fourth-order valence-corrected chi connectivity index (χ4v) is 4.28. The van der Waals surface area contributed by atoms with E-state index < -0.39 is 18.2 Å². The zero-order chi connectivity index (χ0) is 23.3. The van der Waals surface area contributed by atoms with Gasteiger partial charge in [0.25, 0.3) is 0 Å². The second-order valence-electron chi connectivity index (χ2n) is 8.60. The Bertz CT molecular complexity index is 892. The number of nitrogens with one attached hydrogen (secondary N) is 1. The highest BCUT2D eigenvalue weighted by Gasteiger charge is 2.41. The minimum Gasteiger partial charge on any atom is -0.482 e. The summed E-state index contributed by atoms with van der Waals surface area (Å²) in [7, 11) is 0. The molecule has 2 amide bonds. The lowest BCUT2D eigenvalue weighted by Crippen LogP contribution is -2.55. The van der Waals surface area contributed by atoms with E-state index in [9.17, 15) is 14.7 Å². The van der Waals surface area contributed by atoms with Gasteiger partial charge in [-0.25, -0.2) is 0 Å². The number of amides is 2. The van der Waals surface area contributed by atoms with Crippen molar-refractivity contribution in [3.8, 4) is 5.75 Å². The Morgan fingerprint density at radius 3 is 2.62 bits per heavy atom. The van der Waals surface area contributed by atoms with E-state index in [4.69, 9.17) is 9.84 Å². The van der Waals surface area contributed by atoms with E-state index in [0.29, 0.717) is 23.8 Å². The number of rotatable bonds is 9. The van der Waals surface area contributed by atoms with E-state index >= 15 is 0 Å². The van der Waals surface area contributed by atoms with E-state index in [1.54, 1.807) is 17.1 Å². The molecule has 7 nitrogen and oxygen atoms in total. The van der Waals surface area contributed by atoms with Crippen LogP contribution >= 0.6 is 22.6 Å². The van der Waals surface area contributed by atoms with Crippen LogP contribution in [0.4, 0.5) is 0 Å². The molecule has 0 radical (unpaired) electrons. The molecule has 8 heteroatoms. The number of allylic oxidation sites excluding steroid dienone is 1. The van der Waals surface area contributed by atoms with E-state index in [1.165, 1.54) is 0 Å². The molecule has 0 spiro atoms. The molecular formula is C24H31IN2O5. The van der Waals surface area contributed by atoms with Crippen molar-refractivity contribution in [2.75, 3.05) is 19.7 Å². The highest BCUT2D eigenvalue weighted by Crippen LogP contribution is 2.34. The second-order valence-corrected chi connectivity index (χ2v) is 9.76. The molecule has 0 saturated heterocycles. The summed E-state index contributed by atoms with van der Waals surface area (Å²) in [6.07, 6.45) is 3.77. The average Bonchev–Trinajstić information content (AvgIpc) is 3.57. The minimum absolute atomic E-state index is 0.133. The number of ether oxygens (including phenoxy) is 1. The maximum atomic E-state index is 13.1. The highest BCUT2D eigenvalue weighted by molar-refractivity contribution is 14.1.